The molecule has 1 aliphatic rings. The quantitative estimate of drug-likeness (QED) is 0.880. The summed E-state index contributed by atoms with van der Waals surface area (Å²) in [6.07, 6.45) is 5.08. The summed E-state index contributed by atoms with van der Waals surface area (Å²) in [5.74, 6) is 2.23. The van der Waals surface area contributed by atoms with Crippen molar-refractivity contribution in [3.8, 4) is 11.6 Å². The second-order valence-corrected chi connectivity index (χ2v) is 4.37. The third-order valence-electron chi connectivity index (χ3n) is 3.39. The van der Waals surface area contributed by atoms with Gasteiger partial charge in [-0.2, -0.15) is 4.98 Å². The summed E-state index contributed by atoms with van der Waals surface area (Å²) >= 11 is 0. The van der Waals surface area contributed by atoms with Crippen LogP contribution >= 0.6 is 0 Å². The van der Waals surface area contributed by atoms with Crippen LogP contribution in [0.2, 0.25) is 0 Å². The van der Waals surface area contributed by atoms with E-state index in [0.717, 1.165) is 6.42 Å². The van der Waals surface area contributed by atoms with Crippen LogP contribution in [-0.2, 0) is 0 Å². The van der Waals surface area contributed by atoms with Gasteiger partial charge in [-0.3, -0.25) is 0 Å². The number of aromatic nitrogens is 2. The van der Waals surface area contributed by atoms with E-state index in [0.29, 0.717) is 29.4 Å². The van der Waals surface area contributed by atoms with Gasteiger partial charge >= 0.3 is 0 Å². The smallest absolute Gasteiger partial charge is 0.238 e. The molecule has 1 N–H and O–H groups in total. The molecule has 0 spiro atoms. The van der Waals surface area contributed by atoms with E-state index in [2.05, 4.69) is 15.5 Å². The molecule has 2 aromatic rings. The van der Waals surface area contributed by atoms with Crippen molar-refractivity contribution in [3.05, 3.63) is 24.3 Å². The van der Waals surface area contributed by atoms with Crippen LogP contribution in [0.1, 0.15) is 31.1 Å². The average Bonchev–Trinajstić information content (AvgIpc) is 3.09. The van der Waals surface area contributed by atoms with Crippen molar-refractivity contribution in [2.75, 3.05) is 7.05 Å². The highest BCUT2D eigenvalue weighted by Gasteiger charge is 2.32. The van der Waals surface area contributed by atoms with Gasteiger partial charge in [0.15, 0.2) is 5.76 Å². The first-order valence-corrected chi connectivity index (χ1v) is 5.93. The van der Waals surface area contributed by atoms with Crippen LogP contribution in [0.3, 0.4) is 0 Å². The van der Waals surface area contributed by atoms with Crippen LogP contribution in [-0.4, -0.2) is 23.2 Å². The van der Waals surface area contributed by atoms with Crippen molar-refractivity contribution in [1.29, 1.82) is 0 Å². The van der Waals surface area contributed by atoms with Gasteiger partial charge in [0.25, 0.3) is 0 Å². The number of nitrogens with zero attached hydrogens (tertiary/aromatic N) is 2. The zero-order valence-corrected chi connectivity index (χ0v) is 9.72. The van der Waals surface area contributed by atoms with E-state index in [1.54, 1.807) is 6.26 Å². The van der Waals surface area contributed by atoms with Crippen LogP contribution in [0.15, 0.2) is 27.3 Å². The summed E-state index contributed by atoms with van der Waals surface area (Å²) in [7, 11) is 1.98. The first-order valence-electron chi connectivity index (χ1n) is 5.93. The summed E-state index contributed by atoms with van der Waals surface area (Å²) in [6.45, 7) is 0. The molecule has 2 aromatic heterocycles. The monoisotopic (exact) mass is 233 g/mol. The van der Waals surface area contributed by atoms with Crippen LogP contribution in [0.5, 0.6) is 0 Å². The topological polar surface area (TPSA) is 64.1 Å². The standard InChI is InChI=1S/C12H15N3O2/c1-13-9-5-2-4-8(9)12-14-11(15-17-12)10-6-3-7-16-10/h3,6-9,13H,2,4-5H2,1H3/t8-,9+/m1/s1. The molecule has 0 amide bonds. The molecular formula is C12H15N3O2. The summed E-state index contributed by atoms with van der Waals surface area (Å²) in [5.41, 5.74) is 0. The van der Waals surface area contributed by atoms with Crippen molar-refractivity contribution in [3.63, 3.8) is 0 Å². The average molecular weight is 233 g/mol. The van der Waals surface area contributed by atoms with Crippen molar-refractivity contribution in [1.82, 2.24) is 15.5 Å². The Morgan fingerprint density at radius 3 is 3.12 bits per heavy atom. The molecule has 0 aromatic carbocycles. The summed E-state index contributed by atoms with van der Waals surface area (Å²) in [6, 6.07) is 4.09. The third kappa shape index (κ3) is 1.86. The number of nitrogens with one attached hydrogen (secondary N) is 1. The molecule has 5 nitrogen and oxygen atoms in total. The van der Waals surface area contributed by atoms with Gasteiger partial charge in [0.2, 0.25) is 11.7 Å². The largest absolute Gasteiger partial charge is 0.461 e. The van der Waals surface area contributed by atoms with E-state index < -0.39 is 0 Å². The number of hydrogen-bond donors (Lipinski definition) is 1. The Kier molecular flexibility index (Phi) is 2.68. The Bertz CT molecular complexity index is 478. The number of rotatable bonds is 3. The van der Waals surface area contributed by atoms with Gasteiger partial charge in [-0.25, -0.2) is 0 Å². The third-order valence-corrected chi connectivity index (χ3v) is 3.39. The van der Waals surface area contributed by atoms with Crippen LogP contribution in [0, 0.1) is 0 Å². The van der Waals surface area contributed by atoms with E-state index in [4.69, 9.17) is 8.94 Å². The summed E-state index contributed by atoms with van der Waals surface area (Å²) in [5, 5.41) is 7.27. The highest BCUT2D eigenvalue weighted by atomic mass is 16.5. The van der Waals surface area contributed by atoms with Crippen molar-refractivity contribution in [2.24, 2.45) is 0 Å². The van der Waals surface area contributed by atoms with Crippen LogP contribution in [0.25, 0.3) is 11.6 Å². The van der Waals surface area contributed by atoms with Gasteiger partial charge in [-0.1, -0.05) is 11.6 Å². The highest BCUT2D eigenvalue weighted by Crippen LogP contribution is 2.34. The van der Waals surface area contributed by atoms with E-state index in [1.165, 1.54) is 12.8 Å². The maximum Gasteiger partial charge on any atom is 0.238 e. The predicted molar refractivity (Wildman–Crippen MR) is 61.4 cm³/mol. The molecule has 1 fully saturated rings. The van der Waals surface area contributed by atoms with Crippen LogP contribution in [0.4, 0.5) is 0 Å². The lowest BCUT2D eigenvalue weighted by Gasteiger charge is -2.14. The molecule has 90 valence electrons. The lowest BCUT2D eigenvalue weighted by atomic mass is 10.0. The normalized spacial score (nSPS) is 24.3. The maximum atomic E-state index is 5.34. The molecule has 2 atom stereocenters. The molecule has 3 rings (SSSR count). The Labute approximate surface area is 99.2 Å². The highest BCUT2D eigenvalue weighted by molar-refractivity contribution is 5.44. The zero-order valence-electron chi connectivity index (χ0n) is 9.72. The Morgan fingerprint density at radius 2 is 2.35 bits per heavy atom. The molecule has 1 saturated carbocycles. The van der Waals surface area contributed by atoms with Crippen LogP contribution < -0.4 is 5.32 Å². The summed E-state index contributed by atoms with van der Waals surface area (Å²) < 4.78 is 10.6. The van der Waals surface area contributed by atoms with Crippen molar-refractivity contribution in [2.45, 2.75) is 31.2 Å². The van der Waals surface area contributed by atoms with Gasteiger partial charge < -0.3 is 14.3 Å². The van der Waals surface area contributed by atoms with Gasteiger partial charge in [-0.15, -0.1) is 0 Å². The minimum absolute atomic E-state index is 0.330. The molecule has 0 aliphatic heterocycles. The second kappa shape index (κ2) is 4.33. The lowest BCUT2D eigenvalue weighted by Crippen LogP contribution is -2.27. The fraction of sp³-hybridized carbons (Fsp3) is 0.500. The first kappa shape index (κ1) is 10.5. The molecule has 1 aliphatic carbocycles. The first-order chi connectivity index (χ1) is 8.38. The van der Waals surface area contributed by atoms with Crippen molar-refractivity contribution < 1.29 is 8.94 Å². The second-order valence-electron chi connectivity index (χ2n) is 4.37. The predicted octanol–water partition coefficient (Wildman–Crippen LogP) is 2.19. The van der Waals surface area contributed by atoms with Crippen molar-refractivity contribution >= 4 is 0 Å². The molecule has 0 unspecified atom stereocenters. The Hall–Kier alpha value is -1.62. The molecule has 0 bridgehead atoms. The van der Waals surface area contributed by atoms with Gasteiger partial charge in [-0.05, 0) is 32.0 Å². The Morgan fingerprint density at radius 1 is 1.41 bits per heavy atom. The molecule has 0 radical (unpaired) electrons. The lowest BCUT2D eigenvalue weighted by molar-refractivity contribution is 0.335. The fourth-order valence-electron chi connectivity index (χ4n) is 2.49. The number of likely N-dealkylation sites (N-methyl/N-ethyl adjacent to an activating group) is 1. The number of hydrogen-bond acceptors (Lipinski definition) is 5. The van der Waals surface area contributed by atoms with E-state index in [1.807, 2.05) is 19.2 Å². The molecule has 0 saturated heterocycles. The van der Waals surface area contributed by atoms with Gasteiger partial charge in [0, 0.05) is 6.04 Å². The SMILES string of the molecule is CN[C@H]1CCC[C@H]1c1nc(-c2ccco2)no1. The van der Waals surface area contributed by atoms with E-state index >= 15 is 0 Å². The molecule has 2 heterocycles. The fourth-order valence-corrected chi connectivity index (χ4v) is 2.49. The summed E-state index contributed by atoms with van der Waals surface area (Å²) in [4.78, 5) is 4.42. The van der Waals surface area contributed by atoms with Gasteiger partial charge in [0.1, 0.15) is 0 Å². The minimum atomic E-state index is 0.330. The molecule has 5 heteroatoms. The molecule has 17 heavy (non-hydrogen) atoms. The maximum absolute atomic E-state index is 5.34. The van der Waals surface area contributed by atoms with E-state index in [9.17, 15) is 0 Å². The minimum Gasteiger partial charge on any atom is -0.461 e. The Balaban J connectivity index is 1.85. The zero-order chi connectivity index (χ0) is 11.7. The molecular weight excluding hydrogens is 218 g/mol. The van der Waals surface area contributed by atoms with E-state index in [-0.39, 0.29) is 0 Å². The van der Waals surface area contributed by atoms with Gasteiger partial charge in [0.05, 0.1) is 12.2 Å². The number of furan rings is 1.